The molecule has 2 aliphatic rings. The minimum atomic E-state index is -2.96. The average molecular weight is 365 g/mol. The van der Waals surface area contributed by atoms with E-state index in [-0.39, 0.29) is 23.5 Å². The molecule has 1 aliphatic heterocycles. The highest BCUT2D eigenvalue weighted by Gasteiger charge is 2.32. The van der Waals surface area contributed by atoms with Gasteiger partial charge >= 0.3 is 0 Å². The van der Waals surface area contributed by atoms with Crippen LogP contribution < -0.4 is 5.32 Å². The average Bonchev–Trinajstić information content (AvgIpc) is 3.32. The number of sulfone groups is 1. The largest absolute Gasteiger partial charge is 0.351 e. The molecule has 1 saturated heterocycles. The van der Waals surface area contributed by atoms with Gasteiger partial charge in [0.15, 0.2) is 9.84 Å². The molecule has 25 heavy (non-hydrogen) atoms. The minimum absolute atomic E-state index is 0.0622. The third-order valence-electron chi connectivity index (χ3n) is 5.04. The number of benzene rings is 1. The van der Waals surface area contributed by atoms with Crippen LogP contribution in [0.2, 0.25) is 0 Å². The summed E-state index contributed by atoms with van der Waals surface area (Å²) in [6, 6.07) is 8.87. The molecule has 2 fully saturated rings. The fourth-order valence-corrected chi connectivity index (χ4v) is 5.04. The van der Waals surface area contributed by atoms with E-state index in [0.717, 1.165) is 19.4 Å². The van der Waals surface area contributed by atoms with E-state index in [9.17, 15) is 13.2 Å². The molecule has 0 aromatic heterocycles. The molecule has 1 amide bonds. The smallest absolute Gasteiger partial charge is 0.234 e. The van der Waals surface area contributed by atoms with Gasteiger partial charge in [0, 0.05) is 18.6 Å². The van der Waals surface area contributed by atoms with Gasteiger partial charge in [0.05, 0.1) is 18.1 Å². The monoisotopic (exact) mass is 364 g/mol. The number of amides is 1. The molecule has 6 heteroatoms. The van der Waals surface area contributed by atoms with Crippen LogP contribution >= 0.6 is 0 Å². The topological polar surface area (TPSA) is 66.5 Å². The van der Waals surface area contributed by atoms with Crippen LogP contribution in [0.25, 0.3) is 0 Å². The molecule has 5 nitrogen and oxygen atoms in total. The molecular weight excluding hydrogens is 336 g/mol. The second kappa shape index (κ2) is 7.46. The maximum Gasteiger partial charge on any atom is 0.234 e. The normalized spacial score (nSPS) is 22.5. The van der Waals surface area contributed by atoms with Gasteiger partial charge in [-0.3, -0.25) is 9.69 Å². The number of nitrogens with zero attached hydrogens (tertiary/aromatic N) is 1. The van der Waals surface area contributed by atoms with Crippen LogP contribution in [-0.2, 0) is 21.2 Å². The van der Waals surface area contributed by atoms with Crippen molar-refractivity contribution in [1.29, 1.82) is 0 Å². The predicted octanol–water partition coefficient (Wildman–Crippen LogP) is 2.08. The van der Waals surface area contributed by atoms with Crippen LogP contribution in [0.4, 0.5) is 0 Å². The van der Waals surface area contributed by atoms with E-state index >= 15 is 0 Å². The Morgan fingerprint density at radius 3 is 2.40 bits per heavy atom. The molecule has 1 atom stereocenters. The van der Waals surface area contributed by atoms with Crippen molar-refractivity contribution in [3.05, 3.63) is 35.4 Å². The summed E-state index contributed by atoms with van der Waals surface area (Å²) in [6.07, 6.45) is 2.80. The molecule has 1 aliphatic carbocycles. The Morgan fingerprint density at radius 1 is 1.20 bits per heavy atom. The fourth-order valence-electron chi connectivity index (χ4n) is 3.36. The lowest BCUT2D eigenvalue weighted by Gasteiger charge is -2.23. The first-order valence-corrected chi connectivity index (χ1v) is 11.0. The summed E-state index contributed by atoms with van der Waals surface area (Å²) < 4.78 is 23.0. The molecule has 0 radical (unpaired) electrons. The van der Waals surface area contributed by atoms with E-state index in [2.05, 4.69) is 48.3 Å². The van der Waals surface area contributed by atoms with E-state index in [1.807, 2.05) is 0 Å². The number of rotatable bonds is 7. The standard InChI is InChI=1S/C19H28N2O3S/c1-14(2)16-5-3-15(4-6-16)11-21(18-7-8-18)12-19(22)20-17-9-10-25(23,24)13-17/h3-6,14,17-18H,7-13H2,1-2H3,(H,20,22). The van der Waals surface area contributed by atoms with Crippen molar-refractivity contribution in [3.8, 4) is 0 Å². The lowest BCUT2D eigenvalue weighted by molar-refractivity contribution is -0.123. The summed E-state index contributed by atoms with van der Waals surface area (Å²) >= 11 is 0. The van der Waals surface area contributed by atoms with Gasteiger partial charge in [-0.15, -0.1) is 0 Å². The van der Waals surface area contributed by atoms with Gasteiger partial charge in [0.25, 0.3) is 0 Å². The van der Waals surface area contributed by atoms with Crippen molar-refractivity contribution in [3.63, 3.8) is 0 Å². The van der Waals surface area contributed by atoms with E-state index < -0.39 is 9.84 Å². The quantitative estimate of drug-likeness (QED) is 0.804. The highest BCUT2D eigenvalue weighted by Crippen LogP contribution is 2.28. The van der Waals surface area contributed by atoms with Crippen LogP contribution in [0.3, 0.4) is 0 Å². The third kappa shape index (κ3) is 5.28. The summed E-state index contributed by atoms with van der Waals surface area (Å²) in [6.45, 7) is 5.46. The van der Waals surface area contributed by atoms with Crippen LogP contribution in [0, 0.1) is 0 Å². The molecule has 1 aromatic rings. The molecule has 3 rings (SSSR count). The second-order valence-corrected chi connectivity index (χ2v) is 9.93. The Kier molecular flexibility index (Phi) is 5.49. The van der Waals surface area contributed by atoms with Crippen LogP contribution in [0.15, 0.2) is 24.3 Å². The van der Waals surface area contributed by atoms with E-state index in [1.165, 1.54) is 11.1 Å². The van der Waals surface area contributed by atoms with E-state index in [0.29, 0.717) is 24.9 Å². The Balaban J connectivity index is 1.55. The maximum absolute atomic E-state index is 12.3. The highest BCUT2D eigenvalue weighted by molar-refractivity contribution is 7.91. The van der Waals surface area contributed by atoms with Crippen molar-refractivity contribution in [2.24, 2.45) is 0 Å². The van der Waals surface area contributed by atoms with Crippen molar-refractivity contribution in [2.75, 3.05) is 18.1 Å². The first-order chi connectivity index (χ1) is 11.8. The van der Waals surface area contributed by atoms with Crippen LogP contribution in [0.1, 0.15) is 50.2 Å². The van der Waals surface area contributed by atoms with Gasteiger partial charge in [0.1, 0.15) is 0 Å². The van der Waals surface area contributed by atoms with Crippen molar-refractivity contribution in [1.82, 2.24) is 10.2 Å². The summed E-state index contributed by atoms with van der Waals surface area (Å²) in [7, 11) is -2.96. The van der Waals surface area contributed by atoms with Gasteiger partial charge in [-0.25, -0.2) is 8.42 Å². The molecule has 1 N–H and O–H groups in total. The lowest BCUT2D eigenvalue weighted by Crippen LogP contribution is -2.43. The number of hydrogen-bond acceptors (Lipinski definition) is 4. The molecule has 1 unspecified atom stereocenters. The minimum Gasteiger partial charge on any atom is -0.351 e. The van der Waals surface area contributed by atoms with Crippen molar-refractivity contribution >= 4 is 15.7 Å². The van der Waals surface area contributed by atoms with Gasteiger partial charge in [0.2, 0.25) is 5.91 Å². The SMILES string of the molecule is CC(C)c1ccc(CN(CC(=O)NC2CCS(=O)(=O)C2)C2CC2)cc1. The van der Waals surface area contributed by atoms with Crippen LogP contribution in [-0.4, -0.2) is 49.4 Å². The molecule has 138 valence electrons. The summed E-state index contributed by atoms with van der Waals surface area (Å²) in [5.74, 6) is 0.723. The Labute approximate surface area is 150 Å². The Bertz CT molecular complexity index is 709. The zero-order valence-corrected chi connectivity index (χ0v) is 15.9. The maximum atomic E-state index is 12.3. The first kappa shape index (κ1) is 18.4. The predicted molar refractivity (Wildman–Crippen MR) is 99.2 cm³/mol. The number of carbonyl (C=O) groups is 1. The summed E-state index contributed by atoms with van der Waals surface area (Å²) in [4.78, 5) is 14.6. The molecule has 1 saturated carbocycles. The lowest BCUT2D eigenvalue weighted by atomic mass is 10.0. The zero-order chi connectivity index (χ0) is 18.0. The molecule has 1 aromatic carbocycles. The molecule has 0 bridgehead atoms. The van der Waals surface area contributed by atoms with E-state index in [4.69, 9.17) is 0 Å². The van der Waals surface area contributed by atoms with Gasteiger partial charge in [-0.1, -0.05) is 38.1 Å². The Hall–Kier alpha value is -1.40. The zero-order valence-electron chi connectivity index (χ0n) is 15.1. The first-order valence-electron chi connectivity index (χ1n) is 9.15. The van der Waals surface area contributed by atoms with E-state index in [1.54, 1.807) is 0 Å². The summed E-state index contributed by atoms with van der Waals surface area (Å²) in [5.41, 5.74) is 2.54. The molecular formula is C19H28N2O3S. The van der Waals surface area contributed by atoms with Crippen molar-refractivity contribution in [2.45, 2.75) is 57.7 Å². The number of nitrogens with one attached hydrogen (secondary N) is 1. The van der Waals surface area contributed by atoms with Crippen molar-refractivity contribution < 1.29 is 13.2 Å². The summed E-state index contributed by atoms with van der Waals surface area (Å²) in [5, 5.41) is 2.90. The number of hydrogen-bond donors (Lipinski definition) is 1. The number of carbonyl (C=O) groups excluding carboxylic acids is 1. The Morgan fingerprint density at radius 2 is 1.88 bits per heavy atom. The molecule has 0 spiro atoms. The second-order valence-electron chi connectivity index (χ2n) is 7.70. The highest BCUT2D eigenvalue weighted by atomic mass is 32.2. The van der Waals surface area contributed by atoms with Gasteiger partial charge in [-0.2, -0.15) is 0 Å². The fraction of sp³-hybridized carbons (Fsp3) is 0.632. The molecule has 1 heterocycles. The third-order valence-corrected chi connectivity index (χ3v) is 6.81. The van der Waals surface area contributed by atoms with Gasteiger partial charge in [-0.05, 0) is 36.3 Å². The van der Waals surface area contributed by atoms with Gasteiger partial charge < -0.3 is 5.32 Å². The van der Waals surface area contributed by atoms with Crippen LogP contribution in [0.5, 0.6) is 0 Å².